The second kappa shape index (κ2) is 9.55. The summed E-state index contributed by atoms with van der Waals surface area (Å²) >= 11 is 0. The van der Waals surface area contributed by atoms with E-state index >= 15 is 0 Å². The van der Waals surface area contributed by atoms with Crippen LogP contribution in [0.3, 0.4) is 0 Å². The molecule has 2 aromatic carbocycles. The fourth-order valence-corrected chi connectivity index (χ4v) is 3.14. The van der Waals surface area contributed by atoms with E-state index in [9.17, 15) is 14.4 Å². The van der Waals surface area contributed by atoms with Crippen LogP contribution >= 0.6 is 0 Å². The maximum absolute atomic E-state index is 12.4. The van der Waals surface area contributed by atoms with Gasteiger partial charge in [-0.05, 0) is 37.1 Å². The molecule has 1 aliphatic heterocycles. The van der Waals surface area contributed by atoms with E-state index in [2.05, 4.69) is 16.0 Å². The zero-order chi connectivity index (χ0) is 19.8. The number of hydrogen-bond donors (Lipinski definition) is 3. The number of hydrogen-bond acceptors (Lipinski definition) is 3. The number of para-hydroxylation sites is 2. The minimum atomic E-state index is -0.320. The van der Waals surface area contributed by atoms with Gasteiger partial charge in [0.15, 0.2) is 0 Å². The first-order valence-corrected chi connectivity index (χ1v) is 9.35. The Morgan fingerprint density at radius 2 is 1.50 bits per heavy atom. The quantitative estimate of drug-likeness (QED) is 0.745. The highest BCUT2D eigenvalue weighted by molar-refractivity contribution is 5.95. The van der Waals surface area contributed by atoms with E-state index in [0.717, 1.165) is 12.1 Å². The Morgan fingerprint density at radius 1 is 0.893 bits per heavy atom. The van der Waals surface area contributed by atoms with Crippen LogP contribution in [0.15, 0.2) is 60.7 Å². The Bertz CT molecular complexity index is 811. The second-order valence-electron chi connectivity index (χ2n) is 6.71. The van der Waals surface area contributed by atoms with E-state index in [1.165, 1.54) is 0 Å². The largest absolute Gasteiger partial charge is 0.347 e. The molecule has 3 rings (SSSR count). The molecule has 28 heavy (non-hydrogen) atoms. The van der Waals surface area contributed by atoms with E-state index in [1.54, 1.807) is 17.0 Å². The summed E-state index contributed by atoms with van der Waals surface area (Å²) < 4.78 is 0. The molecule has 3 N–H and O–H groups in total. The van der Waals surface area contributed by atoms with Crippen molar-refractivity contribution in [1.82, 2.24) is 10.2 Å². The highest BCUT2D eigenvalue weighted by atomic mass is 16.2. The lowest BCUT2D eigenvalue weighted by molar-refractivity contribution is -0.128. The molecule has 7 nitrogen and oxygen atoms in total. The second-order valence-corrected chi connectivity index (χ2v) is 6.71. The highest BCUT2D eigenvalue weighted by Gasteiger charge is 2.28. The molecule has 0 radical (unpaired) electrons. The maximum Gasteiger partial charge on any atom is 0.321 e. The number of piperidine rings is 1. The average molecular weight is 380 g/mol. The highest BCUT2D eigenvalue weighted by Crippen LogP contribution is 2.18. The Morgan fingerprint density at radius 3 is 2.14 bits per heavy atom. The van der Waals surface area contributed by atoms with Gasteiger partial charge in [-0.15, -0.1) is 0 Å². The van der Waals surface area contributed by atoms with Gasteiger partial charge in [0.2, 0.25) is 11.8 Å². The summed E-state index contributed by atoms with van der Waals surface area (Å²) in [4.78, 5) is 38.5. The lowest BCUT2D eigenvalue weighted by Gasteiger charge is -2.32. The van der Waals surface area contributed by atoms with Crippen molar-refractivity contribution in [3.05, 3.63) is 60.7 Å². The number of amides is 4. The van der Waals surface area contributed by atoms with Crippen molar-refractivity contribution in [2.24, 2.45) is 5.92 Å². The summed E-state index contributed by atoms with van der Waals surface area (Å²) in [6.45, 7) is 0.849. The number of benzene rings is 2. The van der Waals surface area contributed by atoms with Gasteiger partial charge in [0.1, 0.15) is 0 Å². The summed E-state index contributed by atoms with van der Waals surface area (Å²) in [5.74, 6) is -0.811. The van der Waals surface area contributed by atoms with Crippen molar-refractivity contribution in [2.45, 2.75) is 12.8 Å². The number of carbonyl (C=O) groups excluding carboxylic acids is 3. The van der Waals surface area contributed by atoms with E-state index in [0.29, 0.717) is 25.2 Å². The van der Waals surface area contributed by atoms with Crippen molar-refractivity contribution in [2.75, 3.05) is 30.3 Å². The van der Waals surface area contributed by atoms with Crippen molar-refractivity contribution in [3.8, 4) is 0 Å². The van der Waals surface area contributed by atoms with Gasteiger partial charge in [0.05, 0.1) is 12.5 Å². The third-order valence-corrected chi connectivity index (χ3v) is 4.59. The molecule has 0 bridgehead atoms. The van der Waals surface area contributed by atoms with Crippen LogP contribution < -0.4 is 16.0 Å². The van der Waals surface area contributed by atoms with Gasteiger partial charge in [-0.25, -0.2) is 4.79 Å². The van der Waals surface area contributed by atoms with Gasteiger partial charge in [-0.3, -0.25) is 9.59 Å². The van der Waals surface area contributed by atoms with Gasteiger partial charge in [-0.2, -0.15) is 0 Å². The monoisotopic (exact) mass is 380 g/mol. The summed E-state index contributed by atoms with van der Waals surface area (Å²) in [5.41, 5.74) is 1.40. The fourth-order valence-electron chi connectivity index (χ4n) is 3.14. The zero-order valence-electron chi connectivity index (χ0n) is 15.6. The Kier molecular flexibility index (Phi) is 6.62. The van der Waals surface area contributed by atoms with Crippen LogP contribution in [-0.4, -0.2) is 42.4 Å². The minimum absolute atomic E-state index is 0.0968. The first-order valence-electron chi connectivity index (χ1n) is 9.35. The molecule has 1 saturated heterocycles. The van der Waals surface area contributed by atoms with Gasteiger partial charge < -0.3 is 20.9 Å². The zero-order valence-corrected chi connectivity index (χ0v) is 15.6. The van der Waals surface area contributed by atoms with Crippen LogP contribution in [0.1, 0.15) is 12.8 Å². The fraction of sp³-hybridized carbons (Fsp3) is 0.286. The van der Waals surface area contributed by atoms with Gasteiger partial charge in [0.25, 0.3) is 0 Å². The van der Waals surface area contributed by atoms with E-state index in [4.69, 9.17) is 0 Å². The summed E-state index contributed by atoms with van der Waals surface area (Å²) in [6.07, 6.45) is 1.44. The summed E-state index contributed by atoms with van der Waals surface area (Å²) in [6, 6.07) is 18.1. The predicted molar refractivity (Wildman–Crippen MR) is 108 cm³/mol. The standard InChI is InChI=1S/C21H24N4O3/c26-19(23-17-9-3-1-4-10-17)14-22-20(27)16-8-7-13-25(15-16)21(28)24-18-11-5-2-6-12-18/h1-6,9-12,16H,7-8,13-15H2,(H,22,27)(H,23,26)(H,24,28). The molecule has 1 heterocycles. The molecule has 1 aliphatic rings. The molecule has 146 valence electrons. The number of anilines is 2. The first kappa shape index (κ1) is 19.4. The molecular formula is C21H24N4O3. The SMILES string of the molecule is O=C(CNC(=O)C1CCCN(C(=O)Nc2ccccc2)C1)Nc1ccccc1. The molecule has 1 fully saturated rings. The number of likely N-dealkylation sites (tertiary alicyclic amines) is 1. The smallest absolute Gasteiger partial charge is 0.321 e. The first-order chi connectivity index (χ1) is 13.6. The summed E-state index contributed by atoms with van der Waals surface area (Å²) in [5, 5.41) is 8.24. The van der Waals surface area contributed by atoms with Crippen LogP contribution in [0.25, 0.3) is 0 Å². The topological polar surface area (TPSA) is 90.5 Å². The molecule has 0 saturated carbocycles. The molecule has 0 spiro atoms. The van der Waals surface area contributed by atoms with E-state index in [1.807, 2.05) is 48.5 Å². The van der Waals surface area contributed by atoms with Crippen molar-refractivity contribution in [1.29, 1.82) is 0 Å². The molecule has 2 aromatic rings. The third kappa shape index (κ3) is 5.57. The van der Waals surface area contributed by atoms with Crippen LogP contribution in [-0.2, 0) is 9.59 Å². The Hall–Kier alpha value is -3.35. The van der Waals surface area contributed by atoms with Crippen molar-refractivity contribution >= 4 is 29.2 Å². The number of nitrogens with zero attached hydrogens (tertiary/aromatic N) is 1. The van der Waals surface area contributed by atoms with E-state index < -0.39 is 0 Å². The molecule has 4 amide bonds. The van der Waals surface area contributed by atoms with Crippen LogP contribution in [0, 0.1) is 5.92 Å². The third-order valence-electron chi connectivity index (χ3n) is 4.59. The van der Waals surface area contributed by atoms with Gasteiger partial charge in [-0.1, -0.05) is 36.4 Å². The molecular weight excluding hydrogens is 356 g/mol. The predicted octanol–water partition coefficient (Wildman–Crippen LogP) is 2.69. The Balaban J connectivity index is 1.46. The lowest BCUT2D eigenvalue weighted by Crippen LogP contribution is -2.47. The molecule has 1 unspecified atom stereocenters. The lowest BCUT2D eigenvalue weighted by atomic mass is 9.97. The van der Waals surface area contributed by atoms with Crippen LogP contribution in [0.4, 0.5) is 16.2 Å². The van der Waals surface area contributed by atoms with Gasteiger partial charge in [0, 0.05) is 24.5 Å². The van der Waals surface area contributed by atoms with Crippen molar-refractivity contribution < 1.29 is 14.4 Å². The maximum atomic E-state index is 12.4. The van der Waals surface area contributed by atoms with E-state index in [-0.39, 0.29) is 30.3 Å². The normalized spacial score (nSPS) is 16.1. The van der Waals surface area contributed by atoms with Crippen LogP contribution in [0.2, 0.25) is 0 Å². The Labute approximate surface area is 164 Å². The molecule has 7 heteroatoms. The van der Waals surface area contributed by atoms with Crippen LogP contribution in [0.5, 0.6) is 0 Å². The molecule has 0 aliphatic carbocycles. The average Bonchev–Trinajstić information content (AvgIpc) is 2.73. The molecule has 1 atom stereocenters. The number of carbonyl (C=O) groups is 3. The summed E-state index contributed by atoms with van der Waals surface area (Å²) in [7, 11) is 0. The number of urea groups is 1. The van der Waals surface area contributed by atoms with Gasteiger partial charge >= 0.3 is 6.03 Å². The number of rotatable bonds is 5. The molecule has 0 aromatic heterocycles. The number of nitrogens with one attached hydrogen (secondary N) is 3. The van der Waals surface area contributed by atoms with Crippen molar-refractivity contribution in [3.63, 3.8) is 0 Å². The minimum Gasteiger partial charge on any atom is -0.347 e.